The van der Waals surface area contributed by atoms with Crippen LogP contribution in [0, 0.1) is 0 Å². The van der Waals surface area contributed by atoms with Crippen LogP contribution in [0.5, 0.6) is 23.0 Å². The first-order chi connectivity index (χ1) is 13.5. The molecule has 1 aliphatic heterocycles. The number of carbonyl (C=O) groups excluding carboxylic acids is 1. The molecule has 0 spiro atoms. The lowest BCUT2D eigenvalue weighted by atomic mass is 10.1. The first kappa shape index (κ1) is 19.3. The minimum absolute atomic E-state index is 0.278. The van der Waals surface area contributed by atoms with Crippen molar-refractivity contribution >= 4 is 11.9 Å². The van der Waals surface area contributed by atoms with Crippen LogP contribution in [0.2, 0.25) is 0 Å². The van der Waals surface area contributed by atoms with Gasteiger partial charge in [0, 0.05) is 5.56 Å². The Kier molecular flexibility index (Phi) is 5.88. The average molecular weight is 387 g/mol. The topological polar surface area (TPSA) is 103 Å². The Balaban J connectivity index is 1.69. The number of hydrogen-bond donors (Lipinski definition) is 2. The minimum atomic E-state index is -1.04. The van der Waals surface area contributed by atoms with E-state index in [1.165, 1.54) is 7.11 Å². The van der Waals surface area contributed by atoms with Gasteiger partial charge in [-0.15, -0.1) is 0 Å². The van der Waals surface area contributed by atoms with Crippen LogP contribution in [-0.2, 0) is 4.79 Å². The fraction of sp³-hybridized carbons (Fsp3) is 0.300. The Morgan fingerprint density at radius 1 is 1.18 bits per heavy atom. The third kappa shape index (κ3) is 4.46. The van der Waals surface area contributed by atoms with E-state index in [-0.39, 0.29) is 11.9 Å². The van der Waals surface area contributed by atoms with Crippen molar-refractivity contribution in [3.8, 4) is 23.0 Å². The summed E-state index contributed by atoms with van der Waals surface area (Å²) in [6, 6.07) is 9.82. The van der Waals surface area contributed by atoms with Gasteiger partial charge < -0.3 is 29.4 Å². The van der Waals surface area contributed by atoms with Crippen LogP contribution in [-0.4, -0.2) is 43.9 Å². The zero-order valence-electron chi connectivity index (χ0n) is 15.6. The summed E-state index contributed by atoms with van der Waals surface area (Å²) in [4.78, 5) is 23.2. The normalized spacial score (nSPS) is 13.4. The number of fused-ring (bicyclic) bond motifs is 1. The monoisotopic (exact) mass is 387 g/mol. The van der Waals surface area contributed by atoms with Gasteiger partial charge >= 0.3 is 5.97 Å². The summed E-state index contributed by atoms with van der Waals surface area (Å²) in [7, 11) is 1.51. The molecule has 0 aromatic heterocycles. The van der Waals surface area contributed by atoms with E-state index < -0.39 is 12.6 Å². The number of nitrogens with one attached hydrogen (secondary N) is 1. The van der Waals surface area contributed by atoms with Gasteiger partial charge in [0.25, 0.3) is 5.91 Å². The Hall–Kier alpha value is -3.42. The molecule has 0 saturated carbocycles. The maximum Gasteiger partial charge on any atom is 0.341 e. The third-order valence-electron chi connectivity index (χ3n) is 4.18. The van der Waals surface area contributed by atoms with Crippen molar-refractivity contribution in [3.63, 3.8) is 0 Å². The highest BCUT2D eigenvalue weighted by molar-refractivity contribution is 5.96. The first-order valence-electron chi connectivity index (χ1n) is 8.71. The second-order valence-electron chi connectivity index (χ2n) is 6.15. The molecule has 1 aliphatic rings. The van der Waals surface area contributed by atoms with Crippen molar-refractivity contribution in [1.29, 1.82) is 0 Å². The second-order valence-corrected chi connectivity index (χ2v) is 6.15. The number of amides is 1. The number of carboxylic acids is 1. The summed E-state index contributed by atoms with van der Waals surface area (Å²) in [5.74, 6) is 0.531. The van der Waals surface area contributed by atoms with E-state index in [0.717, 1.165) is 5.56 Å². The Labute approximate surface area is 162 Å². The number of hydrogen-bond acceptors (Lipinski definition) is 6. The summed E-state index contributed by atoms with van der Waals surface area (Å²) >= 11 is 0. The van der Waals surface area contributed by atoms with Crippen molar-refractivity contribution < 1.29 is 33.6 Å². The van der Waals surface area contributed by atoms with Crippen LogP contribution in [0.15, 0.2) is 36.4 Å². The minimum Gasteiger partial charge on any atom is -0.493 e. The van der Waals surface area contributed by atoms with Gasteiger partial charge in [-0.1, -0.05) is 12.1 Å². The smallest absolute Gasteiger partial charge is 0.341 e. The molecule has 1 atom stereocenters. The van der Waals surface area contributed by atoms with Crippen molar-refractivity contribution in [2.75, 3.05) is 26.9 Å². The quantitative estimate of drug-likeness (QED) is 0.752. The van der Waals surface area contributed by atoms with Crippen LogP contribution in [0.3, 0.4) is 0 Å². The van der Waals surface area contributed by atoms with Crippen LogP contribution >= 0.6 is 0 Å². The molecule has 1 unspecified atom stereocenters. The molecule has 1 heterocycles. The number of carbonyl (C=O) groups is 2. The Bertz CT molecular complexity index is 846. The second kappa shape index (κ2) is 8.51. The molecule has 2 N–H and O–H groups in total. The molecular formula is C20H21NO7. The number of carboxylic acid groups (broad SMARTS) is 1. The van der Waals surface area contributed by atoms with Crippen molar-refractivity contribution in [1.82, 2.24) is 5.32 Å². The number of aliphatic carboxylic acids is 1. The lowest BCUT2D eigenvalue weighted by molar-refractivity contribution is -0.139. The number of methoxy groups -OCH3 is 1. The molecular weight excluding hydrogens is 366 g/mol. The van der Waals surface area contributed by atoms with Gasteiger partial charge in [-0.25, -0.2) is 4.79 Å². The lowest BCUT2D eigenvalue weighted by Gasteiger charge is -2.22. The molecule has 148 valence electrons. The van der Waals surface area contributed by atoms with E-state index in [0.29, 0.717) is 41.8 Å². The zero-order chi connectivity index (χ0) is 20.1. The SMILES string of the molecule is COc1cc(C(=O)NC(C)c2ccc(OCC(=O)O)cc2)cc2c1OCCO2. The fourth-order valence-electron chi connectivity index (χ4n) is 2.77. The van der Waals surface area contributed by atoms with E-state index in [4.69, 9.17) is 24.1 Å². The number of ether oxygens (including phenoxy) is 4. The average Bonchev–Trinajstić information content (AvgIpc) is 2.71. The van der Waals surface area contributed by atoms with Gasteiger partial charge in [0.1, 0.15) is 19.0 Å². The summed E-state index contributed by atoms with van der Waals surface area (Å²) < 4.78 is 21.5. The zero-order valence-corrected chi connectivity index (χ0v) is 15.6. The Morgan fingerprint density at radius 2 is 1.89 bits per heavy atom. The van der Waals surface area contributed by atoms with Crippen LogP contribution < -0.4 is 24.3 Å². The molecule has 28 heavy (non-hydrogen) atoms. The number of rotatable bonds is 7. The van der Waals surface area contributed by atoms with Gasteiger partial charge in [0.2, 0.25) is 5.75 Å². The molecule has 8 nitrogen and oxygen atoms in total. The van der Waals surface area contributed by atoms with E-state index >= 15 is 0 Å². The molecule has 0 radical (unpaired) electrons. The first-order valence-corrected chi connectivity index (χ1v) is 8.71. The van der Waals surface area contributed by atoms with Crippen LogP contribution in [0.1, 0.15) is 28.9 Å². The summed E-state index contributed by atoms with van der Waals surface area (Å²) in [6.07, 6.45) is 0. The highest BCUT2D eigenvalue weighted by Gasteiger charge is 2.21. The standard InChI is InChI=1S/C20H21NO7/c1-12(13-3-5-15(6-4-13)28-11-18(22)23)21-20(24)14-9-16(25-2)19-17(10-14)26-7-8-27-19/h3-6,9-10,12H,7-8,11H2,1-2H3,(H,21,24)(H,22,23). The van der Waals surface area contributed by atoms with Crippen LogP contribution in [0.4, 0.5) is 0 Å². The maximum atomic E-state index is 12.7. The summed E-state index contributed by atoms with van der Waals surface area (Å²) in [5, 5.41) is 11.6. The predicted molar refractivity (Wildman–Crippen MR) is 99.4 cm³/mol. The molecule has 0 bridgehead atoms. The fourth-order valence-corrected chi connectivity index (χ4v) is 2.77. The molecule has 8 heteroatoms. The Morgan fingerprint density at radius 3 is 2.57 bits per heavy atom. The number of benzene rings is 2. The molecule has 2 aromatic carbocycles. The highest BCUT2D eigenvalue weighted by Crippen LogP contribution is 2.40. The van der Waals surface area contributed by atoms with Gasteiger partial charge in [0.05, 0.1) is 13.2 Å². The van der Waals surface area contributed by atoms with E-state index in [1.807, 2.05) is 6.92 Å². The van der Waals surface area contributed by atoms with Gasteiger partial charge in [-0.05, 0) is 36.8 Å². The van der Waals surface area contributed by atoms with E-state index in [2.05, 4.69) is 5.32 Å². The summed E-state index contributed by atoms with van der Waals surface area (Å²) in [6.45, 7) is 2.28. The molecule has 0 aliphatic carbocycles. The molecule has 3 rings (SSSR count). The van der Waals surface area contributed by atoms with E-state index in [9.17, 15) is 9.59 Å². The van der Waals surface area contributed by atoms with Gasteiger partial charge in [-0.3, -0.25) is 4.79 Å². The predicted octanol–water partition coefficient (Wildman–Crippen LogP) is 2.42. The van der Waals surface area contributed by atoms with Gasteiger partial charge in [-0.2, -0.15) is 0 Å². The third-order valence-corrected chi connectivity index (χ3v) is 4.18. The van der Waals surface area contributed by atoms with Crippen molar-refractivity contribution in [2.45, 2.75) is 13.0 Å². The molecule has 0 saturated heterocycles. The molecule has 0 fully saturated rings. The van der Waals surface area contributed by atoms with E-state index in [1.54, 1.807) is 36.4 Å². The maximum absolute atomic E-state index is 12.7. The van der Waals surface area contributed by atoms with Crippen LogP contribution in [0.25, 0.3) is 0 Å². The molecule has 1 amide bonds. The molecule has 2 aromatic rings. The largest absolute Gasteiger partial charge is 0.493 e. The van der Waals surface area contributed by atoms with Crippen molar-refractivity contribution in [3.05, 3.63) is 47.5 Å². The summed E-state index contributed by atoms with van der Waals surface area (Å²) in [5.41, 5.74) is 1.25. The van der Waals surface area contributed by atoms with Crippen molar-refractivity contribution in [2.24, 2.45) is 0 Å². The van der Waals surface area contributed by atoms with Gasteiger partial charge in [0.15, 0.2) is 18.1 Å². The highest BCUT2D eigenvalue weighted by atomic mass is 16.6. The lowest BCUT2D eigenvalue weighted by Crippen LogP contribution is -2.27.